The van der Waals surface area contributed by atoms with Crippen molar-refractivity contribution in [1.29, 1.82) is 0 Å². The number of carbonyl (C=O) groups is 3. The van der Waals surface area contributed by atoms with Crippen LogP contribution in [0, 0.1) is 0 Å². The number of carboxylic acids is 1. The van der Waals surface area contributed by atoms with Gasteiger partial charge >= 0.3 is 13.6 Å². The van der Waals surface area contributed by atoms with Crippen LogP contribution in [0.4, 0.5) is 8.78 Å². The van der Waals surface area contributed by atoms with Crippen LogP contribution in [0.1, 0.15) is 30.6 Å². The second-order valence-electron chi connectivity index (χ2n) is 7.85. The summed E-state index contributed by atoms with van der Waals surface area (Å²) in [5.41, 5.74) is -0.158. The molecule has 196 valence electrons. The molecule has 0 aromatic heterocycles. The highest BCUT2D eigenvalue weighted by molar-refractivity contribution is 9.10. The normalized spacial score (nSPS) is 17.3. The fraction of sp³-hybridized carbons (Fsp3) is 0.571. The monoisotopic (exact) mass is 584 g/mol. The number of aromatic carboxylic acids is 1. The number of amides is 2. The third-order valence-corrected chi connectivity index (χ3v) is 7.54. The van der Waals surface area contributed by atoms with E-state index in [0.717, 1.165) is 9.80 Å². The van der Waals surface area contributed by atoms with Crippen LogP contribution in [-0.4, -0.2) is 90.8 Å². The van der Waals surface area contributed by atoms with E-state index in [4.69, 9.17) is 13.8 Å². The van der Waals surface area contributed by atoms with Crippen molar-refractivity contribution in [2.45, 2.75) is 32.2 Å². The van der Waals surface area contributed by atoms with E-state index in [0.29, 0.717) is 4.47 Å². The van der Waals surface area contributed by atoms with Gasteiger partial charge in [-0.15, -0.1) is 0 Å². The maximum Gasteiger partial charge on any atom is 0.340 e. The lowest BCUT2D eigenvalue weighted by Crippen LogP contribution is -2.46. The molecule has 1 aromatic rings. The lowest BCUT2D eigenvalue weighted by Gasteiger charge is -2.27. The molecule has 1 aromatic carbocycles. The number of ether oxygens (including phenoxy) is 1. The highest BCUT2D eigenvalue weighted by Crippen LogP contribution is 2.47. The highest BCUT2D eigenvalue weighted by Gasteiger charge is 2.47. The van der Waals surface area contributed by atoms with Crippen LogP contribution >= 0.6 is 23.5 Å². The molecule has 0 radical (unpaired) electrons. The zero-order chi connectivity index (χ0) is 26.4. The minimum absolute atomic E-state index is 0.0376. The van der Waals surface area contributed by atoms with Gasteiger partial charge in [-0.05, 0) is 32.0 Å². The molecule has 0 aliphatic carbocycles. The Labute approximate surface area is 210 Å². The molecule has 2 amide bonds. The van der Waals surface area contributed by atoms with Gasteiger partial charge in [-0.3, -0.25) is 14.2 Å². The van der Waals surface area contributed by atoms with Gasteiger partial charge in [0.2, 0.25) is 11.8 Å². The molecule has 0 bridgehead atoms. The van der Waals surface area contributed by atoms with Crippen molar-refractivity contribution in [2.24, 2.45) is 0 Å². The van der Waals surface area contributed by atoms with Crippen molar-refractivity contribution >= 4 is 41.3 Å². The van der Waals surface area contributed by atoms with Crippen LogP contribution in [0.5, 0.6) is 5.75 Å². The molecule has 10 nitrogen and oxygen atoms in total. The zero-order valence-corrected chi connectivity index (χ0v) is 22.0. The number of halogens is 3. The molecular formula is C21H28BrF2N2O8P. The summed E-state index contributed by atoms with van der Waals surface area (Å²) in [6.45, 7) is 1.50. The summed E-state index contributed by atoms with van der Waals surface area (Å²) in [6, 6.07) is 3.14. The molecule has 1 heterocycles. The Morgan fingerprint density at radius 3 is 2.46 bits per heavy atom. The van der Waals surface area contributed by atoms with Crippen LogP contribution in [0.15, 0.2) is 22.7 Å². The average molecular weight is 585 g/mol. The van der Waals surface area contributed by atoms with Crippen molar-refractivity contribution in [3.8, 4) is 5.75 Å². The van der Waals surface area contributed by atoms with Crippen LogP contribution in [-0.2, 0) is 23.2 Å². The summed E-state index contributed by atoms with van der Waals surface area (Å²) in [5, 5.41) is 9.32. The first-order chi connectivity index (χ1) is 16.3. The Hall–Kier alpha value is -2.08. The fourth-order valence-corrected chi connectivity index (χ4v) is 5.46. The largest absolute Gasteiger partial charge is 0.490 e. The van der Waals surface area contributed by atoms with E-state index in [1.54, 1.807) is 13.8 Å². The smallest absolute Gasteiger partial charge is 0.340 e. The molecule has 1 saturated heterocycles. The van der Waals surface area contributed by atoms with Gasteiger partial charge in [-0.25, -0.2) is 13.6 Å². The minimum Gasteiger partial charge on any atom is -0.490 e. The van der Waals surface area contributed by atoms with Crippen LogP contribution in [0.25, 0.3) is 0 Å². The zero-order valence-electron chi connectivity index (χ0n) is 19.5. The Balaban J connectivity index is 2.08. The van der Waals surface area contributed by atoms with Gasteiger partial charge in [0.15, 0.2) is 0 Å². The predicted molar refractivity (Wildman–Crippen MR) is 125 cm³/mol. The van der Waals surface area contributed by atoms with E-state index < -0.39 is 63.0 Å². The second-order valence-corrected chi connectivity index (χ2v) is 10.8. The lowest BCUT2D eigenvalue weighted by molar-refractivity contribution is -0.140. The molecule has 35 heavy (non-hydrogen) atoms. The maximum atomic E-state index is 14.2. The van der Waals surface area contributed by atoms with Gasteiger partial charge in [0.25, 0.3) is 5.92 Å². The van der Waals surface area contributed by atoms with E-state index in [9.17, 15) is 32.8 Å². The van der Waals surface area contributed by atoms with E-state index in [2.05, 4.69) is 15.9 Å². The first-order valence-electron chi connectivity index (χ1n) is 10.8. The van der Waals surface area contributed by atoms with Crippen molar-refractivity contribution in [3.05, 3.63) is 28.2 Å². The number of hydrogen-bond donors (Lipinski definition) is 1. The third-order valence-electron chi connectivity index (χ3n) is 5.08. The fourth-order valence-electron chi connectivity index (χ4n) is 3.51. The maximum absolute atomic E-state index is 14.2. The number of rotatable bonds is 12. The van der Waals surface area contributed by atoms with Gasteiger partial charge in [0.1, 0.15) is 24.1 Å². The van der Waals surface area contributed by atoms with E-state index in [1.165, 1.54) is 25.2 Å². The van der Waals surface area contributed by atoms with Gasteiger partial charge in [0.05, 0.1) is 32.3 Å². The molecule has 2 rings (SSSR count). The number of nitrogens with zero attached hydrogens (tertiary/aromatic N) is 2. The molecule has 1 atom stereocenters. The van der Waals surface area contributed by atoms with Crippen LogP contribution < -0.4 is 4.74 Å². The topological polar surface area (TPSA) is 123 Å². The molecule has 1 fully saturated rings. The van der Waals surface area contributed by atoms with Gasteiger partial charge in [0, 0.05) is 17.9 Å². The first kappa shape index (κ1) is 29.2. The van der Waals surface area contributed by atoms with Gasteiger partial charge in [-0.1, -0.05) is 15.9 Å². The molecule has 1 N–H and O–H groups in total. The number of hydrogen-bond acceptors (Lipinski definition) is 7. The molecule has 1 unspecified atom stereocenters. The van der Waals surface area contributed by atoms with E-state index in [-0.39, 0.29) is 31.1 Å². The van der Waals surface area contributed by atoms with Gasteiger partial charge < -0.3 is 28.7 Å². The number of carboxylic acid groups (broad SMARTS) is 1. The number of likely N-dealkylation sites (N-methyl/N-ethyl adjacent to an activating group) is 1. The van der Waals surface area contributed by atoms with Crippen molar-refractivity contribution in [2.75, 3.05) is 46.1 Å². The van der Waals surface area contributed by atoms with Crippen molar-refractivity contribution < 1.29 is 46.6 Å². The minimum atomic E-state index is -3.70. The quantitative estimate of drug-likeness (QED) is 0.370. The Kier molecular flexibility index (Phi) is 10.2. The van der Waals surface area contributed by atoms with Crippen LogP contribution in [0.3, 0.4) is 0 Å². The molecule has 0 saturated carbocycles. The average Bonchev–Trinajstić information content (AvgIpc) is 3.06. The number of benzene rings is 1. The SMILES string of the molecule is CCOP(=O)(CC(=O)N(C)CC(=O)N1CC(F)(F)CC1COc1cc(Br)ccc1C(=O)O)OCC. The molecule has 1 aliphatic heterocycles. The number of alkyl halides is 2. The summed E-state index contributed by atoms with van der Waals surface area (Å²) < 4.78 is 57.2. The lowest BCUT2D eigenvalue weighted by atomic mass is 10.2. The summed E-state index contributed by atoms with van der Waals surface area (Å²) >= 11 is 3.20. The second kappa shape index (κ2) is 12.2. The molecule has 14 heteroatoms. The standard InChI is InChI=1S/C21H28BrF2N2O8P/c1-4-33-35(31,34-5-2)12-19(28)25(3)10-18(27)26-13-21(23,24)9-15(26)11-32-17-8-14(22)6-7-16(17)20(29)30/h6-8,15H,4-5,9-13H2,1-3H3,(H,29,30). The predicted octanol–water partition coefficient (Wildman–Crippen LogP) is 3.49. The summed E-state index contributed by atoms with van der Waals surface area (Å²) in [5.74, 6) is -5.94. The highest BCUT2D eigenvalue weighted by atomic mass is 79.9. The van der Waals surface area contributed by atoms with Crippen molar-refractivity contribution in [1.82, 2.24) is 9.80 Å². The van der Waals surface area contributed by atoms with E-state index in [1.807, 2.05) is 0 Å². The number of carbonyl (C=O) groups excluding carboxylic acids is 2. The van der Waals surface area contributed by atoms with Crippen LogP contribution in [0.2, 0.25) is 0 Å². The molecular weight excluding hydrogens is 557 g/mol. The van der Waals surface area contributed by atoms with Crippen molar-refractivity contribution in [3.63, 3.8) is 0 Å². The Bertz CT molecular complexity index is 986. The summed E-state index contributed by atoms with van der Waals surface area (Å²) in [6.07, 6.45) is -1.28. The molecule has 0 spiro atoms. The Morgan fingerprint density at radius 2 is 1.89 bits per heavy atom. The number of likely N-dealkylation sites (tertiary alicyclic amines) is 1. The van der Waals surface area contributed by atoms with E-state index >= 15 is 0 Å². The molecule has 1 aliphatic rings. The summed E-state index contributed by atoms with van der Waals surface area (Å²) in [4.78, 5) is 38.6. The first-order valence-corrected chi connectivity index (χ1v) is 13.3. The van der Waals surface area contributed by atoms with Gasteiger partial charge in [-0.2, -0.15) is 0 Å². The Morgan fingerprint density at radius 1 is 1.26 bits per heavy atom. The third kappa shape index (κ3) is 8.23. The summed E-state index contributed by atoms with van der Waals surface area (Å²) in [7, 11) is -2.42.